The van der Waals surface area contributed by atoms with E-state index in [1.54, 1.807) is 20.8 Å². The Morgan fingerprint density at radius 1 is 1.42 bits per heavy atom. The van der Waals surface area contributed by atoms with Gasteiger partial charge in [-0.2, -0.15) is 0 Å². The highest BCUT2D eigenvalue weighted by Gasteiger charge is 2.24. The molecule has 0 radical (unpaired) electrons. The molecule has 0 aliphatic carbocycles. The molecule has 1 amide bonds. The van der Waals surface area contributed by atoms with Crippen LogP contribution in [0.15, 0.2) is 0 Å². The van der Waals surface area contributed by atoms with Gasteiger partial charge in [0, 0.05) is 12.6 Å². The fraction of sp³-hybridized carbons (Fsp3) is 0.846. The monoisotopic (exact) mass is 273 g/mol. The van der Waals surface area contributed by atoms with Crippen LogP contribution in [0.4, 0.5) is 0 Å². The number of rotatable bonds is 7. The molecular formula is C13H23NO5. The first-order valence-corrected chi connectivity index (χ1v) is 6.68. The maximum Gasteiger partial charge on any atom is 0.308 e. The van der Waals surface area contributed by atoms with E-state index in [0.29, 0.717) is 6.61 Å². The molecule has 6 heteroatoms. The van der Waals surface area contributed by atoms with Crippen LogP contribution in [0.1, 0.15) is 33.6 Å². The van der Waals surface area contributed by atoms with E-state index in [1.165, 1.54) is 0 Å². The zero-order valence-electron chi connectivity index (χ0n) is 11.7. The third-order valence-corrected chi connectivity index (χ3v) is 3.43. The second-order valence-electron chi connectivity index (χ2n) is 5.03. The van der Waals surface area contributed by atoms with Crippen LogP contribution >= 0.6 is 0 Å². The molecule has 2 N–H and O–H groups in total. The minimum atomic E-state index is -0.930. The van der Waals surface area contributed by atoms with E-state index in [0.717, 1.165) is 19.4 Å². The van der Waals surface area contributed by atoms with Crippen LogP contribution in [0.25, 0.3) is 0 Å². The second kappa shape index (κ2) is 7.45. The number of carbonyl (C=O) groups excluding carboxylic acids is 1. The number of hydrogen-bond donors (Lipinski definition) is 2. The molecule has 1 saturated heterocycles. The molecule has 0 saturated carbocycles. The fourth-order valence-corrected chi connectivity index (χ4v) is 1.78. The molecule has 4 unspecified atom stereocenters. The van der Waals surface area contributed by atoms with Crippen molar-refractivity contribution in [3.05, 3.63) is 0 Å². The van der Waals surface area contributed by atoms with Gasteiger partial charge in [0.05, 0.1) is 18.6 Å². The van der Waals surface area contributed by atoms with Gasteiger partial charge < -0.3 is 19.9 Å². The first-order chi connectivity index (χ1) is 8.91. The quantitative estimate of drug-likeness (QED) is 0.716. The third kappa shape index (κ3) is 5.16. The molecule has 1 heterocycles. The van der Waals surface area contributed by atoms with Gasteiger partial charge in [0.2, 0.25) is 5.91 Å². The summed E-state index contributed by atoms with van der Waals surface area (Å²) in [6.07, 6.45) is 1.46. The summed E-state index contributed by atoms with van der Waals surface area (Å²) in [5.74, 6) is -1.85. The molecule has 0 aromatic rings. The van der Waals surface area contributed by atoms with Crippen LogP contribution in [-0.4, -0.2) is 48.4 Å². The lowest BCUT2D eigenvalue weighted by atomic mass is 10.0. The molecule has 110 valence electrons. The number of aliphatic carboxylic acids is 1. The van der Waals surface area contributed by atoms with Crippen LogP contribution in [0.2, 0.25) is 0 Å². The number of amides is 1. The van der Waals surface area contributed by atoms with Gasteiger partial charge in [-0.05, 0) is 33.6 Å². The Kier molecular flexibility index (Phi) is 6.24. The van der Waals surface area contributed by atoms with Crippen molar-refractivity contribution in [3.8, 4) is 0 Å². The number of hydrogen-bond acceptors (Lipinski definition) is 4. The Bertz CT molecular complexity index is 314. The summed E-state index contributed by atoms with van der Waals surface area (Å²) < 4.78 is 10.8. The standard InChI is InChI=1S/C13H23NO5/c1-8(13(16)17)9(2)14-12(15)10(3)19-7-11-5-4-6-18-11/h8-11H,4-7H2,1-3H3,(H,14,15)(H,16,17). The van der Waals surface area contributed by atoms with E-state index in [2.05, 4.69) is 5.32 Å². The number of ether oxygens (including phenoxy) is 2. The summed E-state index contributed by atoms with van der Waals surface area (Å²) in [5.41, 5.74) is 0. The molecule has 1 aliphatic heterocycles. The highest BCUT2D eigenvalue weighted by molar-refractivity contribution is 5.81. The van der Waals surface area contributed by atoms with E-state index in [1.807, 2.05) is 0 Å². The minimum Gasteiger partial charge on any atom is -0.481 e. The Morgan fingerprint density at radius 2 is 2.11 bits per heavy atom. The Morgan fingerprint density at radius 3 is 2.63 bits per heavy atom. The van der Waals surface area contributed by atoms with Crippen molar-refractivity contribution in [2.45, 2.75) is 51.9 Å². The highest BCUT2D eigenvalue weighted by Crippen LogP contribution is 2.13. The third-order valence-electron chi connectivity index (χ3n) is 3.43. The predicted molar refractivity (Wildman–Crippen MR) is 68.8 cm³/mol. The van der Waals surface area contributed by atoms with Crippen molar-refractivity contribution >= 4 is 11.9 Å². The average molecular weight is 273 g/mol. The molecule has 0 aromatic heterocycles. The molecular weight excluding hydrogens is 250 g/mol. The van der Waals surface area contributed by atoms with E-state index < -0.39 is 24.0 Å². The summed E-state index contributed by atoms with van der Waals surface area (Å²) in [5, 5.41) is 11.5. The Balaban J connectivity index is 2.29. The summed E-state index contributed by atoms with van der Waals surface area (Å²) >= 11 is 0. The van der Waals surface area contributed by atoms with Gasteiger partial charge in [-0.15, -0.1) is 0 Å². The van der Waals surface area contributed by atoms with Crippen molar-refractivity contribution in [3.63, 3.8) is 0 Å². The minimum absolute atomic E-state index is 0.0746. The predicted octanol–water partition coefficient (Wildman–Crippen LogP) is 0.796. The van der Waals surface area contributed by atoms with Crippen LogP contribution in [0.3, 0.4) is 0 Å². The molecule has 0 aromatic carbocycles. The number of carboxylic acid groups (broad SMARTS) is 1. The van der Waals surface area contributed by atoms with Crippen LogP contribution in [0.5, 0.6) is 0 Å². The molecule has 1 rings (SSSR count). The van der Waals surface area contributed by atoms with Gasteiger partial charge >= 0.3 is 5.97 Å². The van der Waals surface area contributed by atoms with Crippen molar-refractivity contribution in [1.29, 1.82) is 0 Å². The second-order valence-corrected chi connectivity index (χ2v) is 5.03. The molecule has 6 nitrogen and oxygen atoms in total. The molecule has 0 spiro atoms. The Hall–Kier alpha value is -1.14. The maximum absolute atomic E-state index is 11.8. The van der Waals surface area contributed by atoms with E-state index >= 15 is 0 Å². The number of carboxylic acids is 1. The van der Waals surface area contributed by atoms with E-state index in [9.17, 15) is 9.59 Å². The molecule has 1 aliphatic rings. The fourth-order valence-electron chi connectivity index (χ4n) is 1.78. The number of carbonyl (C=O) groups is 2. The van der Waals surface area contributed by atoms with Gasteiger partial charge in [-0.3, -0.25) is 9.59 Å². The van der Waals surface area contributed by atoms with Gasteiger partial charge in [-0.1, -0.05) is 0 Å². The lowest BCUT2D eigenvalue weighted by Crippen LogP contribution is -2.45. The van der Waals surface area contributed by atoms with E-state index in [-0.39, 0.29) is 12.0 Å². The summed E-state index contributed by atoms with van der Waals surface area (Å²) in [6.45, 7) is 6.04. The normalized spacial score (nSPS) is 23.6. The Labute approximate surface area is 113 Å². The SMILES string of the molecule is CC(OCC1CCCO1)C(=O)NC(C)C(C)C(=O)O. The maximum atomic E-state index is 11.8. The molecule has 4 atom stereocenters. The summed E-state index contributed by atoms with van der Waals surface area (Å²) in [7, 11) is 0. The van der Waals surface area contributed by atoms with Gasteiger partial charge in [0.25, 0.3) is 0 Å². The van der Waals surface area contributed by atoms with Crippen LogP contribution in [-0.2, 0) is 19.1 Å². The topological polar surface area (TPSA) is 84.9 Å². The van der Waals surface area contributed by atoms with Crippen molar-refractivity contribution in [2.75, 3.05) is 13.2 Å². The molecule has 0 bridgehead atoms. The lowest BCUT2D eigenvalue weighted by molar-refractivity contribution is -0.143. The van der Waals surface area contributed by atoms with Crippen LogP contribution in [0, 0.1) is 5.92 Å². The van der Waals surface area contributed by atoms with Crippen molar-refractivity contribution in [2.24, 2.45) is 5.92 Å². The first kappa shape index (κ1) is 15.9. The van der Waals surface area contributed by atoms with Crippen molar-refractivity contribution < 1.29 is 24.2 Å². The largest absolute Gasteiger partial charge is 0.481 e. The number of nitrogens with one attached hydrogen (secondary N) is 1. The highest BCUT2D eigenvalue weighted by atomic mass is 16.5. The zero-order valence-corrected chi connectivity index (χ0v) is 11.7. The smallest absolute Gasteiger partial charge is 0.308 e. The summed E-state index contributed by atoms with van der Waals surface area (Å²) in [4.78, 5) is 22.6. The van der Waals surface area contributed by atoms with Gasteiger partial charge in [0.1, 0.15) is 6.10 Å². The summed E-state index contributed by atoms with van der Waals surface area (Å²) in [6, 6.07) is -0.432. The first-order valence-electron chi connectivity index (χ1n) is 6.68. The van der Waals surface area contributed by atoms with E-state index in [4.69, 9.17) is 14.6 Å². The molecule has 1 fully saturated rings. The molecule has 19 heavy (non-hydrogen) atoms. The zero-order chi connectivity index (χ0) is 14.4. The lowest BCUT2D eigenvalue weighted by Gasteiger charge is -2.21. The van der Waals surface area contributed by atoms with Gasteiger partial charge in [0.15, 0.2) is 0 Å². The average Bonchev–Trinajstić information content (AvgIpc) is 2.87. The van der Waals surface area contributed by atoms with Crippen LogP contribution < -0.4 is 5.32 Å². The van der Waals surface area contributed by atoms with Gasteiger partial charge in [-0.25, -0.2) is 0 Å². The van der Waals surface area contributed by atoms with Crippen molar-refractivity contribution in [1.82, 2.24) is 5.32 Å².